The Morgan fingerprint density at radius 1 is 0.837 bits per heavy atom. The molecule has 2 aliphatic carbocycles. The second-order valence-electron chi connectivity index (χ2n) is 12.5. The van der Waals surface area contributed by atoms with Crippen LogP contribution < -0.4 is 4.90 Å². The Labute approximate surface area is 253 Å². The first-order chi connectivity index (χ1) is 20.7. The van der Waals surface area contributed by atoms with Crippen LogP contribution in [-0.2, 0) is 5.41 Å². The molecular weight excluding hydrogens is 554 g/mol. The summed E-state index contributed by atoms with van der Waals surface area (Å²) in [6.45, 7) is 4.88. The predicted molar refractivity (Wildman–Crippen MR) is 172 cm³/mol. The predicted octanol–water partition coefficient (Wildman–Crippen LogP) is 8.96. The van der Waals surface area contributed by atoms with Gasteiger partial charge >= 0.3 is 5.97 Å². The molecule has 3 aliphatic rings. The molecule has 43 heavy (non-hydrogen) atoms. The van der Waals surface area contributed by atoms with Gasteiger partial charge in [0.25, 0.3) is 0 Å². The molecule has 4 aromatic carbocycles. The van der Waals surface area contributed by atoms with Crippen molar-refractivity contribution in [3.8, 4) is 0 Å². The normalized spacial score (nSPS) is 23.7. The van der Waals surface area contributed by atoms with Gasteiger partial charge in [0, 0.05) is 48.1 Å². The van der Waals surface area contributed by atoms with E-state index in [-0.39, 0.29) is 39.0 Å². The van der Waals surface area contributed by atoms with Gasteiger partial charge in [-0.15, -0.1) is 11.3 Å². The van der Waals surface area contributed by atoms with Crippen LogP contribution in [0.15, 0.2) is 84.4 Å². The summed E-state index contributed by atoms with van der Waals surface area (Å²) in [4.78, 5) is 40.1. The van der Waals surface area contributed by atoms with Crippen LogP contribution in [0.3, 0.4) is 0 Å². The zero-order valence-corrected chi connectivity index (χ0v) is 24.8. The van der Waals surface area contributed by atoms with Crippen molar-refractivity contribution in [3.05, 3.63) is 112 Å². The first kappa shape index (κ1) is 26.1. The van der Waals surface area contributed by atoms with E-state index >= 15 is 0 Å². The van der Waals surface area contributed by atoms with Crippen molar-refractivity contribution in [2.45, 2.75) is 50.5 Å². The zero-order valence-electron chi connectivity index (χ0n) is 23.9. The fourth-order valence-electron chi connectivity index (χ4n) is 7.87. The van der Waals surface area contributed by atoms with Gasteiger partial charge in [0.1, 0.15) is 0 Å². The number of carbonyl (C=O) groups excluding carboxylic acids is 2. The summed E-state index contributed by atoms with van der Waals surface area (Å²) < 4.78 is 2.28. The van der Waals surface area contributed by atoms with Gasteiger partial charge in [-0.3, -0.25) is 9.59 Å². The summed E-state index contributed by atoms with van der Waals surface area (Å²) in [6, 6.07) is 25.8. The Hall–Kier alpha value is -4.55. The summed E-state index contributed by atoms with van der Waals surface area (Å²) in [5.74, 6) is -1.93. The van der Waals surface area contributed by atoms with Crippen LogP contribution in [0, 0.1) is 0 Å². The molecule has 8 rings (SSSR count). The molecule has 0 bridgehead atoms. The number of allylic oxidation sites excluding steroid dienone is 1. The molecule has 2 atom stereocenters. The van der Waals surface area contributed by atoms with Crippen LogP contribution in [0.5, 0.6) is 0 Å². The van der Waals surface area contributed by atoms with Crippen molar-refractivity contribution in [1.29, 1.82) is 0 Å². The molecule has 2 heterocycles. The molecule has 1 aromatic heterocycles. The molecule has 2 unspecified atom stereocenters. The lowest BCUT2D eigenvalue weighted by Crippen LogP contribution is -2.54. The maximum absolute atomic E-state index is 13.1. The molecular formula is C37H29NO4S. The number of carbonyl (C=O) groups is 3. The average molecular weight is 584 g/mol. The van der Waals surface area contributed by atoms with E-state index in [2.05, 4.69) is 67.3 Å². The van der Waals surface area contributed by atoms with Crippen LogP contribution in [0.25, 0.3) is 26.2 Å². The SMILES string of the molecule is CC12CCCCC1(C)N(c1ccc3c(c1)sc1cc(/C=C4\C(=O)c5ccc(C(=O)O)cc5C4=O)ccc13)c1ccccc12. The summed E-state index contributed by atoms with van der Waals surface area (Å²) in [5, 5.41) is 11.6. The third-order valence-electron chi connectivity index (χ3n) is 10.3. The quantitative estimate of drug-likeness (QED) is 0.170. The fourth-order valence-corrected chi connectivity index (χ4v) is 9.05. The Bertz CT molecular complexity index is 2100. The number of nitrogens with zero attached hydrogens (tertiary/aromatic N) is 1. The maximum atomic E-state index is 13.1. The van der Waals surface area contributed by atoms with Crippen LogP contribution in [0.2, 0.25) is 0 Å². The van der Waals surface area contributed by atoms with Gasteiger partial charge in [-0.25, -0.2) is 4.79 Å². The second-order valence-corrected chi connectivity index (χ2v) is 13.6. The Morgan fingerprint density at radius 2 is 1.56 bits per heavy atom. The molecule has 212 valence electrons. The first-order valence-electron chi connectivity index (χ1n) is 14.7. The molecule has 1 fully saturated rings. The van der Waals surface area contributed by atoms with Crippen molar-refractivity contribution in [2.24, 2.45) is 0 Å². The van der Waals surface area contributed by atoms with E-state index in [0.717, 1.165) is 22.1 Å². The van der Waals surface area contributed by atoms with E-state index in [0.29, 0.717) is 0 Å². The van der Waals surface area contributed by atoms with Crippen molar-refractivity contribution in [1.82, 2.24) is 0 Å². The van der Waals surface area contributed by atoms with Crippen molar-refractivity contribution < 1.29 is 19.5 Å². The molecule has 5 aromatic rings. The maximum Gasteiger partial charge on any atom is 0.335 e. The van der Waals surface area contributed by atoms with Crippen molar-refractivity contribution in [3.63, 3.8) is 0 Å². The van der Waals surface area contributed by atoms with E-state index in [1.54, 1.807) is 17.4 Å². The minimum absolute atomic E-state index is 0.00180. The number of benzene rings is 4. The highest BCUT2D eigenvalue weighted by Crippen LogP contribution is 2.60. The highest BCUT2D eigenvalue weighted by Gasteiger charge is 2.57. The Kier molecular flexibility index (Phi) is 5.45. The zero-order chi connectivity index (χ0) is 29.7. The highest BCUT2D eigenvalue weighted by atomic mass is 32.1. The topological polar surface area (TPSA) is 74.7 Å². The number of rotatable bonds is 3. The number of ketones is 2. The largest absolute Gasteiger partial charge is 0.478 e. The molecule has 1 N–H and O–H groups in total. The summed E-state index contributed by atoms with van der Waals surface area (Å²) in [5.41, 5.74) is 5.30. The molecule has 1 aliphatic heterocycles. The number of fused-ring (bicyclic) bond motifs is 7. The summed E-state index contributed by atoms with van der Waals surface area (Å²) in [6.07, 6.45) is 6.47. The van der Waals surface area contributed by atoms with Gasteiger partial charge in [-0.2, -0.15) is 0 Å². The number of carboxylic acids is 1. The number of anilines is 2. The number of hydrogen-bond acceptors (Lipinski definition) is 5. The average Bonchev–Trinajstić information content (AvgIpc) is 3.56. The lowest BCUT2D eigenvalue weighted by Gasteiger charge is -2.50. The Morgan fingerprint density at radius 3 is 2.37 bits per heavy atom. The van der Waals surface area contributed by atoms with Crippen molar-refractivity contribution >= 4 is 66.5 Å². The third-order valence-corrected chi connectivity index (χ3v) is 11.4. The lowest BCUT2D eigenvalue weighted by molar-refractivity contribution is 0.0696. The van der Waals surface area contributed by atoms with Gasteiger partial charge < -0.3 is 10.0 Å². The van der Waals surface area contributed by atoms with Gasteiger partial charge in [0.15, 0.2) is 11.6 Å². The van der Waals surface area contributed by atoms with E-state index in [9.17, 15) is 19.5 Å². The molecule has 6 heteroatoms. The highest BCUT2D eigenvalue weighted by molar-refractivity contribution is 7.25. The van der Waals surface area contributed by atoms with Crippen LogP contribution >= 0.6 is 11.3 Å². The van der Waals surface area contributed by atoms with Gasteiger partial charge in [-0.1, -0.05) is 56.2 Å². The van der Waals surface area contributed by atoms with Gasteiger partial charge in [0.05, 0.1) is 16.7 Å². The van der Waals surface area contributed by atoms with Crippen molar-refractivity contribution in [2.75, 3.05) is 4.90 Å². The smallest absolute Gasteiger partial charge is 0.335 e. The van der Waals surface area contributed by atoms with E-state index in [1.807, 2.05) is 12.1 Å². The fraction of sp³-hybridized carbons (Fsp3) is 0.216. The molecule has 0 amide bonds. The number of thiophene rings is 1. The third kappa shape index (κ3) is 3.53. The number of Topliss-reactive ketones (excluding diaryl/α,β-unsaturated/α-hetero) is 2. The number of carboxylic acid groups (broad SMARTS) is 1. The van der Waals surface area contributed by atoms with Crippen LogP contribution in [-0.4, -0.2) is 28.2 Å². The summed E-state index contributed by atoms with van der Waals surface area (Å²) >= 11 is 1.72. The molecule has 5 nitrogen and oxygen atoms in total. The minimum Gasteiger partial charge on any atom is -0.478 e. The molecule has 0 radical (unpaired) electrons. The lowest BCUT2D eigenvalue weighted by atomic mass is 9.61. The monoisotopic (exact) mass is 583 g/mol. The number of para-hydroxylation sites is 1. The minimum atomic E-state index is -1.13. The van der Waals surface area contributed by atoms with E-state index in [1.165, 1.54) is 64.5 Å². The summed E-state index contributed by atoms with van der Waals surface area (Å²) in [7, 11) is 0. The molecule has 0 spiro atoms. The van der Waals surface area contributed by atoms with Gasteiger partial charge in [0.2, 0.25) is 0 Å². The molecule has 0 saturated heterocycles. The number of aromatic carboxylic acids is 1. The number of hydrogen-bond donors (Lipinski definition) is 1. The standard InChI is InChI=1S/C37H29NO4S/c1-36-15-5-6-16-37(36,2)38(30-8-4-3-7-29(30)36)23-11-14-25-24-12-9-21(18-31(24)43-32(25)20-23)17-28-33(39)26-13-10-22(35(41)42)19-27(26)34(28)40/h3-4,7-14,17-20H,5-6,15-16H2,1-2H3,(H,41,42)/b28-17+. The van der Waals surface area contributed by atoms with Crippen LogP contribution in [0.4, 0.5) is 11.4 Å². The second kappa shape index (κ2) is 8.98. The first-order valence-corrected chi connectivity index (χ1v) is 15.6. The van der Waals surface area contributed by atoms with Gasteiger partial charge in [-0.05, 0) is 79.4 Å². The Balaban J connectivity index is 1.19. The van der Waals surface area contributed by atoms with E-state index < -0.39 is 11.8 Å². The molecule has 1 saturated carbocycles. The van der Waals surface area contributed by atoms with Crippen LogP contribution in [0.1, 0.15) is 81.7 Å². The van der Waals surface area contributed by atoms with E-state index in [4.69, 9.17) is 0 Å².